The van der Waals surface area contributed by atoms with E-state index in [0.29, 0.717) is 24.7 Å². The second-order valence-electron chi connectivity index (χ2n) is 3.54. The fraction of sp³-hybridized carbons (Fsp3) is 0.400. The van der Waals surface area contributed by atoms with Crippen molar-refractivity contribution in [2.75, 3.05) is 6.54 Å². The Morgan fingerprint density at radius 1 is 1.31 bits per heavy atom. The molecule has 0 unspecified atom stereocenters. The molecule has 0 saturated heterocycles. The smallest absolute Gasteiger partial charge is 0.259 e. The third-order valence-corrected chi connectivity index (χ3v) is 2.17. The summed E-state index contributed by atoms with van der Waals surface area (Å²) in [5, 5.41) is 11.8. The maximum Gasteiger partial charge on any atom is 0.259 e. The maximum absolute atomic E-state index is 5.42. The van der Waals surface area contributed by atoms with Crippen LogP contribution in [-0.2, 0) is 6.42 Å². The number of aromatic nitrogens is 4. The van der Waals surface area contributed by atoms with Gasteiger partial charge in [-0.1, -0.05) is 5.16 Å². The van der Waals surface area contributed by atoms with Gasteiger partial charge in [0, 0.05) is 6.42 Å². The molecule has 0 radical (unpaired) electrons. The zero-order valence-electron chi connectivity index (χ0n) is 9.27. The van der Waals surface area contributed by atoms with E-state index in [1.165, 1.54) is 0 Å². The van der Waals surface area contributed by atoms with E-state index >= 15 is 0 Å². The Morgan fingerprint density at radius 3 is 2.88 bits per heavy atom. The van der Waals surface area contributed by atoms with Crippen molar-refractivity contribution in [3.8, 4) is 11.5 Å². The minimum atomic E-state index is 0.471. The molecule has 6 heteroatoms. The number of rotatable bonds is 3. The van der Waals surface area contributed by atoms with Crippen molar-refractivity contribution in [1.29, 1.82) is 0 Å². The number of nitrogens with zero attached hydrogens (tertiary/aromatic N) is 4. The first-order valence-corrected chi connectivity index (χ1v) is 5.04. The molecule has 2 aromatic rings. The summed E-state index contributed by atoms with van der Waals surface area (Å²) in [6.45, 7) is 4.23. The molecule has 2 aromatic heterocycles. The van der Waals surface area contributed by atoms with Crippen LogP contribution in [0.25, 0.3) is 11.5 Å². The summed E-state index contributed by atoms with van der Waals surface area (Å²) in [6, 6.07) is 1.88. The minimum absolute atomic E-state index is 0.471. The van der Waals surface area contributed by atoms with Gasteiger partial charge in [-0.2, -0.15) is 15.2 Å². The Labute approximate surface area is 92.9 Å². The van der Waals surface area contributed by atoms with E-state index in [-0.39, 0.29) is 0 Å². The predicted molar refractivity (Wildman–Crippen MR) is 57.6 cm³/mol. The van der Waals surface area contributed by atoms with E-state index in [1.807, 2.05) is 19.9 Å². The molecule has 0 fully saturated rings. The third kappa shape index (κ3) is 2.06. The second kappa shape index (κ2) is 4.36. The van der Waals surface area contributed by atoms with E-state index in [0.717, 1.165) is 17.0 Å². The SMILES string of the molecule is Cc1cc(-c2nc(CCN)no2)c(C)nn1. The largest absolute Gasteiger partial charge is 0.334 e. The highest BCUT2D eigenvalue weighted by molar-refractivity contribution is 5.55. The molecule has 0 aromatic carbocycles. The molecule has 2 N–H and O–H groups in total. The quantitative estimate of drug-likeness (QED) is 0.814. The van der Waals surface area contributed by atoms with Crippen molar-refractivity contribution in [3.05, 3.63) is 23.3 Å². The van der Waals surface area contributed by atoms with Crippen LogP contribution in [0.5, 0.6) is 0 Å². The lowest BCUT2D eigenvalue weighted by Crippen LogP contribution is -2.03. The predicted octanol–water partition coefficient (Wildman–Crippen LogP) is 0.645. The normalized spacial score (nSPS) is 10.7. The molecule has 6 nitrogen and oxygen atoms in total. The van der Waals surface area contributed by atoms with Crippen molar-refractivity contribution in [2.45, 2.75) is 20.3 Å². The summed E-state index contributed by atoms with van der Waals surface area (Å²) in [4.78, 5) is 4.25. The summed E-state index contributed by atoms with van der Waals surface area (Å²) >= 11 is 0. The highest BCUT2D eigenvalue weighted by Crippen LogP contribution is 2.19. The van der Waals surface area contributed by atoms with Gasteiger partial charge in [-0.15, -0.1) is 0 Å². The number of aryl methyl sites for hydroxylation is 2. The molecule has 84 valence electrons. The molecule has 2 heterocycles. The highest BCUT2D eigenvalue weighted by atomic mass is 16.5. The Bertz CT molecular complexity index is 494. The summed E-state index contributed by atoms with van der Waals surface area (Å²) < 4.78 is 5.15. The third-order valence-electron chi connectivity index (χ3n) is 2.17. The van der Waals surface area contributed by atoms with Gasteiger partial charge in [0.05, 0.1) is 17.0 Å². The lowest BCUT2D eigenvalue weighted by atomic mass is 10.2. The minimum Gasteiger partial charge on any atom is -0.334 e. The van der Waals surface area contributed by atoms with E-state index in [9.17, 15) is 0 Å². The lowest BCUT2D eigenvalue weighted by molar-refractivity contribution is 0.422. The van der Waals surface area contributed by atoms with E-state index in [2.05, 4.69) is 20.3 Å². The van der Waals surface area contributed by atoms with Crippen LogP contribution in [0.2, 0.25) is 0 Å². The van der Waals surface area contributed by atoms with Crippen LogP contribution in [0.3, 0.4) is 0 Å². The molecule has 0 aliphatic heterocycles. The average Bonchev–Trinajstić information content (AvgIpc) is 2.71. The molecule has 0 spiro atoms. The number of nitrogens with two attached hydrogens (primary N) is 1. The first kappa shape index (κ1) is 10.7. The summed E-state index contributed by atoms with van der Waals surface area (Å²) in [5.41, 5.74) is 7.83. The molecule has 16 heavy (non-hydrogen) atoms. The van der Waals surface area contributed by atoms with Gasteiger partial charge in [0.2, 0.25) is 0 Å². The number of hydrogen-bond acceptors (Lipinski definition) is 6. The molecular formula is C10H13N5O. The van der Waals surface area contributed by atoms with Gasteiger partial charge < -0.3 is 10.3 Å². The zero-order chi connectivity index (χ0) is 11.5. The Morgan fingerprint density at radius 2 is 2.12 bits per heavy atom. The van der Waals surface area contributed by atoms with Crippen molar-refractivity contribution in [3.63, 3.8) is 0 Å². The summed E-state index contributed by atoms with van der Waals surface area (Å²) in [5.74, 6) is 1.09. The van der Waals surface area contributed by atoms with Crippen LogP contribution in [0, 0.1) is 13.8 Å². The lowest BCUT2D eigenvalue weighted by Gasteiger charge is -1.98. The zero-order valence-corrected chi connectivity index (χ0v) is 9.27. The molecule has 0 saturated carbocycles. The molecule has 0 amide bonds. The summed E-state index contributed by atoms with van der Waals surface area (Å²) in [7, 11) is 0. The van der Waals surface area contributed by atoms with Gasteiger partial charge in [0.25, 0.3) is 5.89 Å². The average molecular weight is 219 g/mol. The van der Waals surface area contributed by atoms with E-state index in [1.54, 1.807) is 0 Å². The first-order valence-electron chi connectivity index (χ1n) is 5.04. The van der Waals surface area contributed by atoms with Crippen LogP contribution >= 0.6 is 0 Å². The van der Waals surface area contributed by atoms with Gasteiger partial charge >= 0.3 is 0 Å². The molecule has 0 aliphatic carbocycles. The van der Waals surface area contributed by atoms with Crippen molar-refractivity contribution in [1.82, 2.24) is 20.3 Å². The Hall–Kier alpha value is -1.82. The molecule has 0 atom stereocenters. The second-order valence-corrected chi connectivity index (χ2v) is 3.54. The molecule has 2 rings (SSSR count). The van der Waals surface area contributed by atoms with Crippen LogP contribution in [-0.4, -0.2) is 26.9 Å². The van der Waals surface area contributed by atoms with Crippen LogP contribution in [0.15, 0.2) is 10.6 Å². The van der Waals surface area contributed by atoms with Crippen LogP contribution in [0.4, 0.5) is 0 Å². The van der Waals surface area contributed by atoms with E-state index in [4.69, 9.17) is 10.3 Å². The molecule has 0 bridgehead atoms. The monoisotopic (exact) mass is 219 g/mol. The fourth-order valence-corrected chi connectivity index (χ4v) is 1.36. The first-order chi connectivity index (χ1) is 7.70. The van der Waals surface area contributed by atoms with Gasteiger partial charge in [0.1, 0.15) is 0 Å². The fourth-order valence-electron chi connectivity index (χ4n) is 1.36. The van der Waals surface area contributed by atoms with Crippen LogP contribution < -0.4 is 5.73 Å². The molecule has 0 aliphatic rings. The number of hydrogen-bond donors (Lipinski definition) is 1. The van der Waals surface area contributed by atoms with Gasteiger partial charge in [-0.05, 0) is 26.5 Å². The van der Waals surface area contributed by atoms with Crippen molar-refractivity contribution >= 4 is 0 Å². The Balaban J connectivity index is 2.38. The maximum atomic E-state index is 5.42. The van der Waals surface area contributed by atoms with Gasteiger partial charge in [-0.25, -0.2) is 0 Å². The van der Waals surface area contributed by atoms with Crippen LogP contribution in [0.1, 0.15) is 17.2 Å². The van der Waals surface area contributed by atoms with Crippen molar-refractivity contribution < 1.29 is 4.52 Å². The topological polar surface area (TPSA) is 90.7 Å². The molecular weight excluding hydrogens is 206 g/mol. The van der Waals surface area contributed by atoms with Gasteiger partial charge in [-0.3, -0.25) is 0 Å². The standard InChI is InChI=1S/C10H13N5O/c1-6-5-8(7(2)14-13-6)10-12-9(3-4-11)15-16-10/h5H,3-4,11H2,1-2H3. The van der Waals surface area contributed by atoms with E-state index < -0.39 is 0 Å². The van der Waals surface area contributed by atoms with Gasteiger partial charge in [0.15, 0.2) is 5.82 Å². The highest BCUT2D eigenvalue weighted by Gasteiger charge is 2.12. The summed E-state index contributed by atoms with van der Waals surface area (Å²) in [6.07, 6.45) is 0.611. The van der Waals surface area contributed by atoms with Crippen molar-refractivity contribution in [2.24, 2.45) is 5.73 Å². The Kier molecular flexibility index (Phi) is 2.91.